The molecule has 0 aliphatic carbocycles. The third-order valence-corrected chi connectivity index (χ3v) is 6.19. The van der Waals surface area contributed by atoms with Gasteiger partial charge in [0.25, 0.3) is 5.91 Å². The summed E-state index contributed by atoms with van der Waals surface area (Å²) in [5.41, 5.74) is 2.09. The Morgan fingerprint density at radius 1 is 1.13 bits per heavy atom. The Balaban J connectivity index is 1.56. The van der Waals surface area contributed by atoms with Crippen molar-refractivity contribution in [3.63, 3.8) is 0 Å². The highest BCUT2D eigenvalue weighted by molar-refractivity contribution is 5.93. The summed E-state index contributed by atoms with van der Waals surface area (Å²) in [5, 5.41) is 3.47. The molecule has 3 heterocycles. The average molecular weight is 423 g/mol. The Morgan fingerprint density at radius 2 is 1.87 bits per heavy atom. The molecule has 1 aromatic carbocycles. The first kappa shape index (κ1) is 21.4. The van der Waals surface area contributed by atoms with Crippen LogP contribution < -0.4 is 10.7 Å². The van der Waals surface area contributed by atoms with Gasteiger partial charge < -0.3 is 14.2 Å². The van der Waals surface area contributed by atoms with Crippen molar-refractivity contribution in [1.82, 2.24) is 10.2 Å². The molecule has 1 saturated heterocycles. The molecule has 0 spiro atoms. The van der Waals surface area contributed by atoms with Crippen LogP contribution in [0.4, 0.5) is 0 Å². The van der Waals surface area contributed by atoms with Crippen LogP contribution in [0, 0.1) is 26.7 Å². The minimum absolute atomic E-state index is 0.0334. The maximum atomic E-state index is 12.9. The summed E-state index contributed by atoms with van der Waals surface area (Å²) in [5.74, 6) is 2.05. The Labute approximate surface area is 182 Å². The summed E-state index contributed by atoms with van der Waals surface area (Å²) in [6.07, 6.45) is 2.25. The van der Waals surface area contributed by atoms with Crippen molar-refractivity contribution in [2.75, 3.05) is 19.6 Å². The van der Waals surface area contributed by atoms with E-state index < -0.39 is 5.91 Å². The van der Waals surface area contributed by atoms with Gasteiger partial charge in [-0.1, -0.05) is 13.0 Å². The molecule has 4 rings (SSSR count). The fourth-order valence-corrected chi connectivity index (χ4v) is 4.38. The van der Waals surface area contributed by atoms with Crippen LogP contribution in [0.5, 0.6) is 0 Å². The summed E-state index contributed by atoms with van der Waals surface area (Å²) in [7, 11) is 0. The van der Waals surface area contributed by atoms with E-state index in [1.54, 1.807) is 6.07 Å². The van der Waals surface area contributed by atoms with Crippen molar-refractivity contribution in [3.05, 3.63) is 69.0 Å². The number of nitrogens with zero attached hydrogens (tertiary/aromatic N) is 1. The zero-order chi connectivity index (χ0) is 22.1. The molecular weight excluding hydrogens is 392 g/mol. The summed E-state index contributed by atoms with van der Waals surface area (Å²) < 4.78 is 11.7. The normalized spacial score (nSPS) is 16.5. The van der Waals surface area contributed by atoms with E-state index in [1.807, 2.05) is 39.0 Å². The summed E-state index contributed by atoms with van der Waals surface area (Å²) in [6.45, 7) is 10.3. The minimum Gasteiger partial charge on any atom is -0.465 e. The number of nitrogens with one attached hydrogen (secondary N) is 1. The molecule has 1 atom stereocenters. The van der Waals surface area contributed by atoms with Gasteiger partial charge in [-0.05, 0) is 81.9 Å². The standard InChI is InChI=1S/C25H30N2O4/c1-15-7-9-27(10-8-15)20(22-6-5-18(4)30-22)14-26-25(29)23-13-21(28)19-12-16(2)11-17(3)24(19)31-23/h5-6,11-13,15,20H,7-10,14H2,1-4H3,(H,26,29)/t20-/m0/s1. The first-order valence-electron chi connectivity index (χ1n) is 11.0. The van der Waals surface area contributed by atoms with E-state index in [0.717, 1.165) is 48.6 Å². The lowest BCUT2D eigenvalue weighted by atomic mass is 9.97. The first-order chi connectivity index (χ1) is 14.8. The molecule has 1 N–H and O–H groups in total. The molecule has 164 valence electrons. The highest BCUT2D eigenvalue weighted by Gasteiger charge is 2.27. The predicted octanol–water partition coefficient (Wildman–Crippen LogP) is 4.51. The number of carbonyl (C=O) groups is 1. The number of carbonyl (C=O) groups excluding carboxylic acids is 1. The third kappa shape index (κ3) is 4.59. The van der Waals surface area contributed by atoms with Crippen molar-refractivity contribution in [3.8, 4) is 0 Å². The Kier molecular flexibility index (Phi) is 6.01. The van der Waals surface area contributed by atoms with E-state index in [2.05, 4.69) is 17.1 Å². The third-order valence-electron chi connectivity index (χ3n) is 6.19. The van der Waals surface area contributed by atoms with Crippen LogP contribution in [-0.4, -0.2) is 30.4 Å². The number of likely N-dealkylation sites (tertiary alicyclic amines) is 1. The second-order valence-electron chi connectivity index (χ2n) is 8.83. The number of hydrogen-bond acceptors (Lipinski definition) is 5. The lowest BCUT2D eigenvalue weighted by molar-refractivity contribution is 0.0870. The Morgan fingerprint density at radius 3 is 2.55 bits per heavy atom. The molecule has 2 aromatic heterocycles. The fourth-order valence-electron chi connectivity index (χ4n) is 4.38. The average Bonchev–Trinajstić information content (AvgIpc) is 3.16. The molecule has 1 aliphatic heterocycles. The highest BCUT2D eigenvalue weighted by atomic mass is 16.3. The lowest BCUT2D eigenvalue weighted by Crippen LogP contribution is -2.41. The van der Waals surface area contributed by atoms with Crippen LogP contribution in [0.15, 0.2) is 44.0 Å². The zero-order valence-corrected chi connectivity index (χ0v) is 18.7. The quantitative estimate of drug-likeness (QED) is 0.655. The fraction of sp³-hybridized carbons (Fsp3) is 0.440. The van der Waals surface area contributed by atoms with Crippen LogP contribution in [0.2, 0.25) is 0 Å². The largest absolute Gasteiger partial charge is 0.465 e. The number of furan rings is 1. The molecule has 6 nitrogen and oxygen atoms in total. The molecule has 0 bridgehead atoms. The van der Waals surface area contributed by atoms with Crippen molar-refractivity contribution >= 4 is 16.9 Å². The lowest BCUT2D eigenvalue weighted by Gasteiger charge is -2.35. The molecule has 0 saturated carbocycles. The van der Waals surface area contributed by atoms with Gasteiger partial charge in [0.1, 0.15) is 17.1 Å². The zero-order valence-electron chi connectivity index (χ0n) is 18.7. The Bertz CT molecular complexity index is 1150. The topological polar surface area (TPSA) is 75.7 Å². The van der Waals surface area contributed by atoms with E-state index in [9.17, 15) is 9.59 Å². The molecule has 1 aliphatic rings. The maximum absolute atomic E-state index is 12.9. The van der Waals surface area contributed by atoms with E-state index in [0.29, 0.717) is 23.4 Å². The van der Waals surface area contributed by atoms with Gasteiger partial charge in [-0.2, -0.15) is 0 Å². The van der Waals surface area contributed by atoms with E-state index in [-0.39, 0.29) is 17.2 Å². The van der Waals surface area contributed by atoms with Crippen LogP contribution in [0.3, 0.4) is 0 Å². The van der Waals surface area contributed by atoms with Crippen molar-refractivity contribution in [1.29, 1.82) is 0 Å². The predicted molar refractivity (Wildman–Crippen MR) is 120 cm³/mol. The van der Waals surface area contributed by atoms with Crippen LogP contribution in [0.25, 0.3) is 11.0 Å². The van der Waals surface area contributed by atoms with Gasteiger partial charge in [-0.15, -0.1) is 0 Å². The first-order valence-corrected chi connectivity index (χ1v) is 11.0. The number of aryl methyl sites for hydroxylation is 3. The Hall–Kier alpha value is -2.86. The van der Waals surface area contributed by atoms with Gasteiger partial charge in [0, 0.05) is 12.6 Å². The van der Waals surface area contributed by atoms with Crippen molar-refractivity contribution in [2.24, 2.45) is 5.92 Å². The van der Waals surface area contributed by atoms with Gasteiger partial charge in [0.15, 0.2) is 11.2 Å². The van der Waals surface area contributed by atoms with E-state index >= 15 is 0 Å². The molecule has 1 amide bonds. The van der Waals surface area contributed by atoms with Gasteiger partial charge in [0.05, 0.1) is 11.4 Å². The van der Waals surface area contributed by atoms with Crippen LogP contribution >= 0.6 is 0 Å². The van der Waals surface area contributed by atoms with Crippen LogP contribution in [-0.2, 0) is 0 Å². The van der Waals surface area contributed by atoms with Gasteiger partial charge in [0.2, 0.25) is 0 Å². The van der Waals surface area contributed by atoms with Gasteiger partial charge in [-0.3, -0.25) is 14.5 Å². The molecule has 6 heteroatoms. The van der Waals surface area contributed by atoms with Crippen molar-refractivity contribution < 1.29 is 13.6 Å². The second kappa shape index (κ2) is 8.71. The molecule has 1 fully saturated rings. The number of amides is 1. The second-order valence-corrected chi connectivity index (χ2v) is 8.83. The molecular formula is C25H30N2O4. The molecule has 3 aromatic rings. The van der Waals surface area contributed by atoms with Gasteiger partial charge >= 0.3 is 0 Å². The SMILES string of the molecule is Cc1cc(C)c2oc(C(=O)NC[C@@H](c3ccc(C)o3)N3CCC(C)CC3)cc(=O)c2c1. The molecule has 31 heavy (non-hydrogen) atoms. The number of benzene rings is 1. The molecule has 0 radical (unpaired) electrons. The molecule has 0 unspecified atom stereocenters. The summed E-state index contributed by atoms with van der Waals surface area (Å²) in [6, 6.07) is 8.89. The maximum Gasteiger partial charge on any atom is 0.287 e. The minimum atomic E-state index is -0.391. The summed E-state index contributed by atoms with van der Waals surface area (Å²) >= 11 is 0. The number of fused-ring (bicyclic) bond motifs is 1. The smallest absolute Gasteiger partial charge is 0.287 e. The monoisotopic (exact) mass is 422 g/mol. The summed E-state index contributed by atoms with van der Waals surface area (Å²) in [4.78, 5) is 27.9. The number of rotatable bonds is 5. The highest BCUT2D eigenvalue weighted by Crippen LogP contribution is 2.28. The number of piperidine rings is 1. The van der Waals surface area contributed by atoms with E-state index in [1.165, 1.54) is 6.07 Å². The van der Waals surface area contributed by atoms with E-state index in [4.69, 9.17) is 8.83 Å². The van der Waals surface area contributed by atoms with Crippen LogP contribution in [0.1, 0.15) is 59.0 Å². The van der Waals surface area contributed by atoms with Crippen molar-refractivity contribution in [2.45, 2.75) is 46.6 Å². The number of hydrogen-bond donors (Lipinski definition) is 1. The van der Waals surface area contributed by atoms with Gasteiger partial charge in [-0.25, -0.2) is 0 Å².